The zero-order chi connectivity index (χ0) is 26.6. The van der Waals surface area contributed by atoms with Crippen molar-refractivity contribution in [1.82, 2.24) is 25.1 Å². The molecule has 0 aromatic carbocycles. The van der Waals surface area contributed by atoms with Crippen LogP contribution in [-0.2, 0) is 0 Å². The maximum absolute atomic E-state index is 13.3. The molecule has 0 bridgehead atoms. The third kappa shape index (κ3) is 5.84. The summed E-state index contributed by atoms with van der Waals surface area (Å²) >= 11 is 0. The van der Waals surface area contributed by atoms with Crippen molar-refractivity contribution in [2.24, 2.45) is 5.92 Å². The van der Waals surface area contributed by atoms with Crippen molar-refractivity contribution in [2.75, 3.05) is 32.5 Å². The Morgan fingerprint density at radius 3 is 2.61 bits per heavy atom. The van der Waals surface area contributed by atoms with E-state index in [0.29, 0.717) is 13.1 Å². The van der Waals surface area contributed by atoms with E-state index in [-0.39, 0.29) is 52.2 Å². The predicted octanol–water partition coefficient (Wildman–Crippen LogP) is 3.90. The van der Waals surface area contributed by atoms with E-state index in [1.807, 2.05) is 17.9 Å². The lowest BCUT2D eigenvalue weighted by Gasteiger charge is -2.36. The molecular formula is C24H29F3N8O. The summed E-state index contributed by atoms with van der Waals surface area (Å²) in [4.78, 5) is 24.2. The number of anilines is 1. The van der Waals surface area contributed by atoms with E-state index in [2.05, 4.69) is 20.6 Å². The van der Waals surface area contributed by atoms with Gasteiger partial charge in [-0.15, -0.1) is 0 Å². The summed E-state index contributed by atoms with van der Waals surface area (Å²) < 4.78 is 40.0. The lowest BCUT2D eigenvalue weighted by Crippen LogP contribution is -2.46. The number of amides is 2. The number of aromatic nitrogens is 2. The molecule has 3 heterocycles. The molecule has 1 aromatic heterocycles. The molecule has 2 aliphatic heterocycles. The van der Waals surface area contributed by atoms with E-state index in [1.54, 1.807) is 19.0 Å². The van der Waals surface area contributed by atoms with Crippen LogP contribution in [-0.4, -0.2) is 71.0 Å². The molecule has 192 valence electrons. The molecule has 1 atom stereocenters. The molecule has 1 aromatic rings. The molecule has 0 radical (unpaired) electrons. The van der Waals surface area contributed by atoms with Crippen LogP contribution >= 0.6 is 0 Å². The highest BCUT2D eigenvalue weighted by Gasteiger charge is 2.34. The van der Waals surface area contributed by atoms with Gasteiger partial charge in [0.25, 0.3) is 0 Å². The maximum atomic E-state index is 13.3. The van der Waals surface area contributed by atoms with Crippen molar-refractivity contribution < 1.29 is 18.0 Å². The second-order valence-electron chi connectivity index (χ2n) is 8.88. The monoisotopic (exact) mass is 502 g/mol. The first kappa shape index (κ1) is 26.7. The van der Waals surface area contributed by atoms with Crippen LogP contribution in [0.4, 0.5) is 23.9 Å². The van der Waals surface area contributed by atoms with Crippen molar-refractivity contribution in [3.05, 3.63) is 47.0 Å². The molecule has 1 unspecified atom stereocenters. The van der Waals surface area contributed by atoms with E-state index >= 15 is 0 Å². The van der Waals surface area contributed by atoms with Crippen LogP contribution in [0.25, 0.3) is 5.57 Å². The Balaban J connectivity index is 1.82. The fraction of sp³-hybridized carbons (Fsp3) is 0.458. The first-order chi connectivity index (χ1) is 17.0. The van der Waals surface area contributed by atoms with Gasteiger partial charge in [0.2, 0.25) is 5.95 Å². The number of urea groups is 1. The third-order valence-corrected chi connectivity index (χ3v) is 6.28. The minimum absolute atomic E-state index is 0.0198. The van der Waals surface area contributed by atoms with Gasteiger partial charge in [-0.3, -0.25) is 5.41 Å². The van der Waals surface area contributed by atoms with E-state index in [4.69, 9.17) is 5.41 Å². The number of carbonyl (C=O) groups excluding carboxylic acids is 1. The number of alkyl halides is 3. The highest BCUT2D eigenvalue weighted by Crippen LogP contribution is 2.34. The van der Waals surface area contributed by atoms with Gasteiger partial charge in [-0.05, 0) is 38.7 Å². The first-order valence-corrected chi connectivity index (χ1v) is 11.5. The number of nitriles is 1. The highest BCUT2D eigenvalue weighted by molar-refractivity contribution is 6.15. The number of rotatable bonds is 5. The van der Waals surface area contributed by atoms with Crippen molar-refractivity contribution >= 4 is 23.4 Å². The van der Waals surface area contributed by atoms with Crippen molar-refractivity contribution in [2.45, 2.75) is 38.9 Å². The molecule has 1 saturated heterocycles. The quantitative estimate of drug-likeness (QED) is 0.562. The predicted molar refractivity (Wildman–Crippen MR) is 130 cm³/mol. The number of piperidine rings is 1. The van der Waals surface area contributed by atoms with Gasteiger partial charge in [-0.1, -0.05) is 6.08 Å². The molecule has 3 N–H and O–H groups in total. The van der Waals surface area contributed by atoms with E-state index in [0.717, 1.165) is 25.0 Å². The van der Waals surface area contributed by atoms with Gasteiger partial charge < -0.3 is 20.4 Å². The van der Waals surface area contributed by atoms with Crippen molar-refractivity contribution in [3.63, 3.8) is 0 Å². The molecule has 9 nitrogen and oxygen atoms in total. The molecule has 0 aliphatic carbocycles. The van der Waals surface area contributed by atoms with Crippen LogP contribution in [0.1, 0.15) is 37.9 Å². The van der Waals surface area contributed by atoms with Gasteiger partial charge in [0.05, 0.1) is 23.0 Å². The molecule has 2 aliphatic rings. The van der Waals surface area contributed by atoms with E-state index < -0.39 is 11.7 Å². The van der Waals surface area contributed by atoms with E-state index in [1.165, 1.54) is 19.3 Å². The summed E-state index contributed by atoms with van der Waals surface area (Å²) in [5.41, 5.74) is -0.518. The Kier molecular flexibility index (Phi) is 8.02. The van der Waals surface area contributed by atoms with Gasteiger partial charge in [0.15, 0.2) is 0 Å². The number of hydrogen-bond donors (Lipinski definition) is 3. The van der Waals surface area contributed by atoms with Gasteiger partial charge in [0, 0.05) is 50.6 Å². The number of hydrogen-bond acceptors (Lipinski definition) is 6. The number of allylic oxidation sites excluding steroid dienone is 3. The van der Waals surface area contributed by atoms with Gasteiger partial charge >= 0.3 is 12.2 Å². The third-order valence-electron chi connectivity index (χ3n) is 6.28. The SMILES string of the molecule is C/C=C(\C=C1/C(=N)NC=C1c1nc(NC(C)C2CCN(C(=O)N(C)C)CC2)ncc1C#N)C(F)(F)F. The van der Waals surface area contributed by atoms with Gasteiger partial charge in [-0.2, -0.15) is 18.4 Å². The number of amidine groups is 1. The number of nitrogens with zero attached hydrogens (tertiary/aromatic N) is 5. The number of likely N-dealkylation sites (tertiary alicyclic amines) is 1. The minimum Gasteiger partial charge on any atom is -0.351 e. The Morgan fingerprint density at radius 2 is 2.06 bits per heavy atom. The van der Waals surface area contributed by atoms with Crippen LogP contribution in [0, 0.1) is 22.7 Å². The maximum Gasteiger partial charge on any atom is 0.416 e. The lowest BCUT2D eigenvalue weighted by molar-refractivity contribution is -0.0883. The minimum atomic E-state index is -4.59. The Labute approximate surface area is 207 Å². The fourth-order valence-corrected chi connectivity index (χ4v) is 4.20. The summed E-state index contributed by atoms with van der Waals surface area (Å²) in [5, 5.41) is 23.5. The molecule has 1 fully saturated rings. The van der Waals surface area contributed by atoms with Crippen LogP contribution in [0.3, 0.4) is 0 Å². The van der Waals surface area contributed by atoms with Crippen molar-refractivity contribution in [1.29, 1.82) is 10.7 Å². The molecule has 12 heteroatoms. The van der Waals surface area contributed by atoms with E-state index in [9.17, 15) is 23.2 Å². The lowest BCUT2D eigenvalue weighted by atomic mass is 9.90. The van der Waals surface area contributed by atoms with Crippen molar-refractivity contribution in [3.8, 4) is 6.07 Å². The second-order valence-corrected chi connectivity index (χ2v) is 8.88. The van der Waals surface area contributed by atoms with Gasteiger partial charge in [-0.25, -0.2) is 14.8 Å². The summed E-state index contributed by atoms with van der Waals surface area (Å²) in [6, 6.07) is 1.91. The standard InChI is InChI=1S/C24H29F3N8O/c1-5-17(24(25,26)27)10-18-19(13-30-21(18)29)20-16(11-28)12-31-22(33-20)32-14(2)15-6-8-35(9-7-15)23(36)34(3)4/h5,10,12-15H,6-9H2,1-4H3,(H2,29,30)(H,31,32,33)/b17-5+,18-10-. The molecule has 0 spiro atoms. The zero-order valence-corrected chi connectivity index (χ0v) is 20.6. The van der Waals surface area contributed by atoms with Gasteiger partial charge in [0.1, 0.15) is 11.9 Å². The molecule has 3 rings (SSSR count). The van der Waals surface area contributed by atoms with Crippen LogP contribution < -0.4 is 10.6 Å². The average molecular weight is 503 g/mol. The molecular weight excluding hydrogens is 473 g/mol. The summed E-state index contributed by atoms with van der Waals surface area (Å²) in [7, 11) is 3.44. The Bertz CT molecular complexity index is 1150. The smallest absolute Gasteiger partial charge is 0.351 e. The molecule has 2 amide bonds. The zero-order valence-electron chi connectivity index (χ0n) is 20.6. The molecule has 36 heavy (non-hydrogen) atoms. The second kappa shape index (κ2) is 10.8. The number of halogens is 3. The van der Waals surface area contributed by atoms with Crippen LogP contribution in [0.5, 0.6) is 0 Å². The number of nitrogens with one attached hydrogen (secondary N) is 3. The molecule has 0 saturated carbocycles. The highest BCUT2D eigenvalue weighted by atomic mass is 19.4. The van der Waals surface area contributed by atoms with Crippen LogP contribution in [0.2, 0.25) is 0 Å². The summed E-state index contributed by atoms with van der Waals surface area (Å²) in [6.07, 6.45) is 1.47. The fourth-order valence-electron chi connectivity index (χ4n) is 4.20. The first-order valence-electron chi connectivity index (χ1n) is 11.5. The topological polar surface area (TPSA) is 121 Å². The Morgan fingerprint density at radius 1 is 1.39 bits per heavy atom. The average Bonchev–Trinajstić information content (AvgIpc) is 3.20. The Hall–Kier alpha value is -3.88. The number of carbonyl (C=O) groups is 1. The largest absolute Gasteiger partial charge is 0.416 e. The normalized spacial score (nSPS) is 19.0. The summed E-state index contributed by atoms with van der Waals surface area (Å²) in [5.74, 6) is 0.251. The summed E-state index contributed by atoms with van der Waals surface area (Å²) in [6.45, 7) is 4.52. The van der Waals surface area contributed by atoms with Crippen LogP contribution in [0.15, 0.2) is 35.7 Å².